The molecule has 0 saturated heterocycles. The van der Waals surface area contributed by atoms with Crippen molar-refractivity contribution in [1.82, 2.24) is 0 Å². The molecule has 2 rings (SSSR count). The van der Waals surface area contributed by atoms with Crippen molar-refractivity contribution in [3.05, 3.63) is 46.8 Å². The van der Waals surface area contributed by atoms with E-state index in [1.807, 2.05) is 0 Å². The summed E-state index contributed by atoms with van der Waals surface area (Å²) in [6, 6.07) is 8.36. The smallest absolute Gasteiger partial charge is 0.260 e. The van der Waals surface area contributed by atoms with Gasteiger partial charge in [-0.3, -0.25) is 9.59 Å². The van der Waals surface area contributed by atoms with E-state index in [1.165, 1.54) is 6.26 Å². The van der Waals surface area contributed by atoms with Gasteiger partial charge in [0.2, 0.25) is 5.91 Å². The van der Waals surface area contributed by atoms with E-state index in [2.05, 4.69) is 21.2 Å². The fourth-order valence-electron chi connectivity index (χ4n) is 1.56. The zero-order valence-electron chi connectivity index (χ0n) is 11.0. The maximum Gasteiger partial charge on any atom is 0.260 e. The molecule has 2 amide bonds. The van der Waals surface area contributed by atoms with E-state index >= 15 is 0 Å². The van der Waals surface area contributed by atoms with Crippen molar-refractivity contribution >= 4 is 33.4 Å². The summed E-state index contributed by atoms with van der Waals surface area (Å²) in [4.78, 5) is 22.5. The van der Waals surface area contributed by atoms with Crippen LogP contribution in [0, 0.1) is 0 Å². The standard InChI is InChI=1S/C14H13BrN2O4/c15-13-11(5-7-21-13)14(19)17-9-1-3-10(4-2-9)20-8-6-12(16)18/h1-5,7H,6,8H2,(H2,16,18)(H,17,19). The van der Waals surface area contributed by atoms with Crippen molar-refractivity contribution in [3.8, 4) is 5.75 Å². The number of furan rings is 1. The quantitative estimate of drug-likeness (QED) is 0.834. The molecular weight excluding hydrogens is 340 g/mol. The Morgan fingerprint density at radius 3 is 2.52 bits per heavy atom. The summed E-state index contributed by atoms with van der Waals surface area (Å²) in [5.74, 6) is -0.0960. The molecule has 0 fully saturated rings. The molecule has 0 aliphatic rings. The van der Waals surface area contributed by atoms with Gasteiger partial charge < -0.3 is 20.2 Å². The third kappa shape index (κ3) is 4.35. The number of nitrogens with two attached hydrogens (primary N) is 1. The first kappa shape index (κ1) is 15.1. The average Bonchev–Trinajstić information content (AvgIpc) is 2.87. The lowest BCUT2D eigenvalue weighted by Crippen LogP contribution is -2.14. The van der Waals surface area contributed by atoms with E-state index in [4.69, 9.17) is 14.9 Å². The summed E-state index contributed by atoms with van der Waals surface area (Å²) >= 11 is 3.15. The SMILES string of the molecule is NC(=O)CCOc1ccc(NC(=O)c2ccoc2Br)cc1. The molecule has 0 unspecified atom stereocenters. The first-order valence-corrected chi connectivity index (χ1v) is 6.91. The van der Waals surface area contributed by atoms with Crippen LogP contribution < -0.4 is 15.8 Å². The minimum absolute atomic E-state index is 0.160. The predicted octanol–water partition coefficient (Wildman–Crippen LogP) is 2.55. The van der Waals surface area contributed by atoms with Crippen LogP contribution in [-0.2, 0) is 4.79 Å². The van der Waals surface area contributed by atoms with Gasteiger partial charge >= 0.3 is 0 Å². The molecule has 6 nitrogen and oxygen atoms in total. The third-order valence-corrected chi connectivity index (χ3v) is 3.21. The highest BCUT2D eigenvalue weighted by Gasteiger charge is 2.12. The van der Waals surface area contributed by atoms with Gasteiger partial charge in [-0.25, -0.2) is 0 Å². The zero-order chi connectivity index (χ0) is 15.2. The summed E-state index contributed by atoms with van der Waals surface area (Å²) in [6.45, 7) is 0.225. The number of nitrogens with one attached hydrogen (secondary N) is 1. The number of amides is 2. The maximum atomic E-state index is 11.9. The van der Waals surface area contributed by atoms with Gasteiger partial charge in [-0.05, 0) is 46.3 Å². The molecule has 0 saturated carbocycles. The van der Waals surface area contributed by atoms with Crippen LogP contribution in [0.1, 0.15) is 16.8 Å². The van der Waals surface area contributed by atoms with Crippen molar-refractivity contribution in [2.75, 3.05) is 11.9 Å². The highest BCUT2D eigenvalue weighted by atomic mass is 79.9. The lowest BCUT2D eigenvalue weighted by Gasteiger charge is -2.07. The number of benzene rings is 1. The largest absolute Gasteiger partial charge is 0.493 e. The van der Waals surface area contributed by atoms with Gasteiger partial charge in [-0.15, -0.1) is 0 Å². The molecule has 0 aliphatic heterocycles. The number of hydrogen-bond acceptors (Lipinski definition) is 4. The molecule has 110 valence electrons. The molecule has 0 spiro atoms. The Kier molecular flexibility index (Phi) is 4.99. The van der Waals surface area contributed by atoms with Crippen LogP contribution in [-0.4, -0.2) is 18.4 Å². The molecule has 3 N–H and O–H groups in total. The molecule has 2 aromatic rings. The van der Waals surface area contributed by atoms with Crippen molar-refractivity contribution < 1.29 is 18.7 Å². The topological polar surface area (TPSA) is 94.6 Å². The molecule has 21 heavy (non-hydrogen) atoms. The van der Waals surface area contributed by atoms with Gasteiger partial charge in [0.25, 0.3) is 5.91 Å². The summed E-state index contributed by atoms with van der Waals surface area (Å²) in [5.41, 5.74) is 6.05. The molecule has 1 aromatic heterocycles. The fourth-order valence-corrected chi connectivity index (χ4v) is 1.98. The Balaban J connectivity index is 1.92. The normalized spacial score (nSPS) is 10.1. The Hall–Kier alpha value is -2.28. The third-order valence-electron chi connectivity index (χ3n) is 2.59. The second-order valence-corrected chi connectivity index (χ2v) is 4.87. The molecule has 0 atom stereocenters. The number of halogens is 1. The van der Waals surface area contributed by atoms with Crippen molar-refractivity contribution in [3.63, 3.8) is 0 Å². The lowest BCUT2D eigenvalue weighted by molar-refractivity contribution is -0.118. The predicted molar refractivity (Wildman–Crippen MR) is 80.1 cm³/mol. The highest BCUT2D eigenvalue weighted by molar-refractivity contribution is 9.10. The first-order chi connectivity index (χ1) is 10.1. The molecule has 7 heteroatoms. The van der Waals surface area contributed by atoms with Crippen molar-refractivity contribution in [2.45, 2.75) is 6.42 Å². The average molecular weight is 353 g/mol. The Labute approximate surface area is 129 Å². The molecule has 1 aromatic carbocycles. The van der Waals surface area contributed by atoms with Crippen LogP contribution in [0.3, 0.4) is 0 Å². The molecule has 0 aliphatic carbocycles. The van der Waals surface area contributed by atoms with Gasteiger partial charge in [0.05, 0.1) is 24.9 Å². The number of anilines is 1. The monoisotopic (exact) mass is 352 g/mol. The van der Waals surface area contributed by atoms with E-state index in [0.717, 1.165) is 0 Å². The van der Waals surface area contributed by atoms with E-state index in [9.17, 15) is 9.59 Å². The van der Waals surface area contributed by atoms with Crippen LogP contribution in [0.15, 0.2) is 45.7 Å². The Morgan fingerprint density at radius 1 is 1.24 bits per heavy atom. The van der Waals surface area contributed by atoms with Gasteiger partial charge in [0, 0.05) is 5.69 Å². The van der Waals surface area contributed by atoms with Crippen LogP contribution >= 0.6 is 15.9 Å². The molecule has 0 radical (unpaired) electrons. The number of carbonyl (C=O) groups excluding carboxylic acids is 2. The Bertz CT molecular complexity index is 637. The molecule has 1 heterocycles. The van der Waals surface area contributed by atoms with E-state index < -0.39 is 5.91 Å². The first-order valence-electron chi connectivity index (χ1n) is 6.12. The van der Waals surface area contributed by atoms with Crippen molar-refractivity contribution in [2.24, 2.45) is 5.73 Å². The minimum Gasteiger partial charge on any atom is -0.493 e. The minimum atomic E-state index is -0.412. The number of primary amides is 1. The van der Waals surface area contributed by atoms with E-state index in [1.54, 1.807) is 30.3 Å². The maximum absolute atomic E-state index is 11.9. The van der Waals surface area contributed by atoms with Gasteiger partial charge in [-0.1, -0.05) is 0 Å². The summed E-state index contributed by atoms with van der Waals surface area (Å²) < 4.78 is 10.7. The second kappa shape index (κ2) is 6.94. The summed E-state index contributed by atoms with van der Waals surface area (Å²) in [7, 11) is 0. The van der Waals surface area contributed by atoms with E-state index in [-0.39, 0.29) is 18.9 Å². The number of hydrogen-bond donors (Lipinski definition) is 2. The van der Waals surface area contributed by atoms with Gasteiger partial charge in [0.1, 0.15) is 5.75 Å². The number of rotatable bonds is 6. The Morgan fingerprint density at radius 2 is 1.95 bits per heavy atom. The van der Waals surface area contributed by atoms with Crippen LogP contribution in [0.4, 0.5) is 5.69 Å². The van der Waals surface area contributed by atoms with Crippen LogP contribution in [0.25, 0.3) is 0 Å². The zero-order valence-corrected chi connectivity index (χ0v) is 12.6. The highest BCUT2D eigenvalue weighted by Crippen LogP contribution is 2.20. The van der Waals surface area contributed by atoms with E-state index in [0.29, 0.717) is 21.7 Å². The number of carbonyl (C=O) groups is 2. The lowest BCUT2D eigenvalue weighted by atomic mass is 10.2. The van der Waals surface area contributed by atoms with Crippen LogP contribution in [0.2, 0.25) is 0 Å². The van der Waals surface area contributed by atoms with Crippen molar-refractivity contribution in [1.29, 1.82) is 0 Å². The summed E-state index contributed by atoms with van der Waals surface area (Å²) in [5, 5.41) is 2.73. The molecular formula is C14H13BrN2O4. The molecule has 0 bridgehead atoms. The summed E-state index contributed by atoms with van der Waals surface area (Å²) in [6.07, 6.45) is 1.58. The van der Waals surface area contributed by atoms with Gasteiger partial charge in [-0.2, -0.15) is 0 Å². The second-order valence-electron chi connectivity index (χ2n) is 4.15. The fraction of sp³-hybridized carbons (Fsp3) is 0.143. The number of ether oxygens (including phenoxy) is 1. The van der Waals surface area contributed by atoms with Crippen LogP contribution in [0.5, 0.6) is 5.75 Å². The van der Waals surface area contributed by atoms with Gasteiger partial charge in [0.15, 0.2) is 4.67 Å².